The Morgan fingerprint density at radius 2 is 1.82 bits per heavy atom. The van der Waals surface area contributed by atoms with Crippen molar-refractivity contribution in [3.8, 4) is 11.5 Å². The number of halogens is 3. The molecule has 22 heavy (non-hydrogen) atoms. The molecule has 7 heteroatoms. The molecule has 1 aliphatic carbocycles. The molecule has 0 atom stereocenters. The number of carbonyl (C=O) groups is 1. The van der Waals surface area contributed by atoms with Crippen LogP contribution >= 0.6 is 0 Å². The van der Waals surface area contributed by atoms with E-state index in [1.807, 2.05) is 0 Å². The predicted octanol–water partition coefficient (Wildman–Crippen LogP) is 3.71. The van der Waals surface area contributed by atoms with E-state index in [9.17, 15) is 28.2 Å². The second kappa shape index (κ2) is 5.70. The van der Waals surface area contributed by atoms with E-state index in [1.54, 1.807) is 0 Å². The Kier molecular flexibility index (Phi) is 4.26. The zero-order valence-electron chi connectivity index (χ0n) is 12.0. The summed E-state index contributed by atoms with van der Waals surface area (Å²) in [4.78, 5) is 11.8. The van der Waals surface area contributed by atoms with Crippen LogP contribution in [0.4, 0.5) is 13.2 Å². The topological polar surface area (TPSA) is 66.8 Å². The third-order valence-corrected chi connectivity index (χ3v) is 4.26. The number of aliphatic carboxylic acids is 1. The van der Waals surface area contributed by atoms with E-state index in [1.165, 1.54) is 7.11 Å². The van der Waals surface area contributed by atoms with Crippen molar-refractivity contribution < 1.29 is 32.9 Å². The van der Waals surface area contributed by atoms with Crippen molar-refractivity contribution in [1.29, 1.82) is 0 Å². The quantitative estimate of drug-likeness (QED) is 0.891. The van der Waals surface area contributed by atoms with Crippen molar-refractivity contribution in [2.75, 3.05) is 7.11 Å². The monoisotopic (exact) mass is 318 g/mol. The summed E-state index contributed by atoms with van der Waals surface area (Å²) < 4.78 is 44.8. The summed E-state index contributed by atoms with van der Waals surface area (Å²) >= 11 is 0. The van der Waals surface area contributed by atoms with Gasteiger partial charge in [0.2, 0.25) is 0 Å². The van der Waals surface area contributed by atoms with Gasteiger partial charge in [0.1, 0.15) is 0 Å². The summed E-state index contributed by atoms with van der Waals surface area (Å²) in [6.45, 7) is 0. The minimum absolute atomic E-state index is 0.0616. The van der Waals surface area contributed by atoms with Gasteiger partial charge < -0.3 is 14.9 Å². The van der Waals surface area contributed by atoms with Crippen LogP contribution in [0.3, 0.4) is 0 Å². The SMILES string of the molecule is COc1ccc(C(F)(F)F)c(C2(C(=O)O)CCCCC2)c1O. The number of phenols is 1. The number of hydrogen-bond acceptors (Lipinski definition) is 3. The Morgan fingerprint density at radius 3 is 2.27 bits per heavy atom. The largest absolute Gasteiger partial charge is 0.504 e. The number of carboxylic acids is 1. The molecule has 0 amide bonds. The van der Waals surface area contributed by atoms with E-state index >= 15 is 0 Å². The van der Waals surface area contributed by atoms with Crippen LogP contribution in [0.5, 0.6) is 11.5 Å². The second-order valence-electron chi connectivity index (χ2n) is 5.48. The third kappa shape index (κ3) is 2.60. The maximum absolute atomic E-state index is 13.3. The first-order valence-corrected chi connectivity index (χ1v) is 6.95. The zero-order chi connectivity index (χ0) is 16.5. The molecule has 2 N–H and O–H groups in total. The number of aromatic hydroxyl groups is 1. The molecule has 0 unspecified atom stereocenters. The van der Waals surface area contributed by atoms with Crippen LogP contribution in [0.15, 0.2) is 12.1 Å². The standard InChI is InChI=1S/C15H17F3O4/c1-22-10-6-5-9(15(16,17)18)11(12(10)19)14(13(20)21)7-3-2-4-8-14/h5-6,19H,2-4,7-8H2,1H3,(H,20,21). The number of rotatable bonds is 3. The van der Waals surface area contributed by atoms with Gasteiger partial charge in [-0.2, -0.15) is 13.2 Å². The van der Waals surface area contributed by atoms with Gasteiger partial charge in [-0.05, 0) is 25.0 Å². The number of carboxylic acid groups (broad SMARTS) is 1. The Bertz CT molecular complexity index is 575. The van der Waals surface area contributed by atoms with Gasteiger partial charge in [-0.1, -0.05) is 19.3 Å². The molecule has 0 aliphatic heterocycles. The van der Waals surface area contributed by atoms with Gasteiger partial charge >= 0.3 is 12.1 Å². The van der Waals surface area contributed by atoms with E-state index in [4.69, 9.17) is 4.74 Å². The van der Waals surface area contributed by atoms with Crippen LogP contribution in [0.1, 0.15) is 43.2 Å². The second-order valence-corrected chi connectivity index (χ2v) is 5.48. The normalized spacial score (nSPS) is 18.0. The lowest BCUT2D eigenvalue weighted by Gasteiger charge is -2.36. The molecule has 1 fully saturated rings. The number of ether oxygens (including phenoxy) is 1. The lowest BCUT2D eigenvalue weighted by Crippen LogP contribution is -2.39. The Morgan fingerprint density at radius 1 is 1.23 bits per heavy atom. The Labute approximate surface area is 125 Å². The number of phenolic OH excluding ortho intramolecular Hbond substituents is 1. The van der Waals surface area contributed by atoms with Crippen LogP contribution in [-0.2, 0) is 16.4 Å². The van der Waals surface area contributed by atoms with Gasteiger partial charge in [0, 0.05) is 5.56 Å². The van der Waals surface area contributed by atoms with Crippen LogP contribution in [0.2, 0.25) is 0 Å². The van der Waals surface area contributed by atoms with Gasteiger partial charge in [0.25, 0.3) is 0 Å². The first-order chi connectivity index (χ1) is 10.2. The smallest absolute Gasteiger partial charge is 0.416 e. The van der Waals surface area contributed by atoms with Gasteiger partial charge in [0.05, 0.1) is 18.1 Å². The molecule has 1 aromatic rings. The van der Waals surface area contributed by atoms with Crippen LogP contribution in [-0.4, -0.2) is 23.3 Å². The van der Waals surface area contributed by atoms with Crippen molar-refractivity contribution >= 4 is 5.97 Å². The maximum Gasteiger partial charge on any atom is 0.416 e. The fourth-order valence-electron chi connectivity index (χ4n) is 3.18. The molecule has 0 saturated heterocycles. The highest BCUT2D eigenvalue weighted by Gasteiger charge is 2.49. The molecule has 2 rings (SSSR count). The lowest BCUT2D eigenvalue weighted by atomic mass is 9.67. The van der Waals surface area contributed by atoms with Crippen molar-refractivity contribution in [2.45, 2.75) is 43.7 Å². The zero-order valence-corrected chi connectivity index (χ0v) is 12.0. The van der Waals surface area contributed by atoms with E-state index in [0.29, 0.717) is 12.8 Å². The Balaban J connectivity index is 2.77. The molecule has 0 heterocycles. The molecular formula is C15H17F3O4. The number of alkyl halides is 3. The molecule has 0 bridgehead atoms. The van der Waals surface area contributed by atoms with Crippen LogP contribution in [0, 0.1) is 0 Å². The van der Waals surface area contributed by atoms with Crippen molar-refractivity contribution in [1.82, 2.24) is 0 Å². The molecule has 1 aromatic carbocycles. The summed E-state index contributed by atoms with van der Waals surface area (Å²) in [5, 5.41) is 19.8. The fourth-order valence-corrected chi connectivity index (χ4v) is 3.18. The average molecular weight is 318 g/mol. The van der Waals surface area contributed by atoms with E-state index in [-0.39, 0.29) is 18.6 Å². The van der Waals surface area contributed by atoms with Gasteiger partial charge in [-0.3, -0.25) is 4.79 Å². The number of benzene rings is 1. The minimum Gasteiger partial charge on any atom is -0.504 e. The van der Waals surface area contributed by atoms with Gasteiger partial charge in [-0.25, -0.2) is 0 Å². The predicted molar refractivity (Wildman–Crippen MR) is 72.1 cm³/mol. The number of hydrogen-bond donors (Lipinski definition) is 2. The molecular weight excluding hydrogens is 301 g/mol. The fraction of sp³-hybridized carbons (Fsp3) is 0.533. The minimum atomic E-state index is -4.75. The summed E-state index contributed by atoms with van der Waals surface area (Å²) in [5.74, 6) is -2.24. The third-order valence-electron chi connectivity index (χ3n) is 4.26. The van der Waals surface area contributed by atoms with E-state index in [0.717, 1.165) is 18.6 Å². The van der Waals surface area contributed by atoms with E-state index in [2.05, 4.69) is 0 Å². The highest BCUT2D eigenvalue weighted by Crippen LogP contribution is 2.51. The molecule has 1 aliphatic rings. The van der Waals surface area contributed by atoms with Gasteiger partial charge in [0.15, 0.2) is 11.5 Å². The van der Waals surface area contributed by atoms with Crippen molar-refractivity contribution in [3.05, 3.63) is 23.3 Å². The molecule has 0 radical (unpaired) electrons. The highest BCUT2D eigenvalue weighted by molar-refractivity contribution is 5.84. The Hall–Kier alpha value is -1.92. The molecule has 0 aromatic heterocycles. The molecule has 122 valence electrons. The first kappa shape index (κ1) is 16.5. The summed E-state index contributed by atoms with van der Waals surface area (Å²) in [6.07, 6.45) is -2.86. The average Bonchev–Trinajstić information content (AvgIpc) is 2.46. The number of methoxy groups -OCH3 is 1. The summed E-state index contributed by atoms with van der Waals surface area (Å²) in [5.41, 5.74) is -3.43. The maximum atomic E-state index is 13.3. The van der Waals surface area contributed by atoms with Gasteiger partial charge in [-0.15, -0.1) is 0 Å². The highest BCUT2D eigenvalue weighted by atomic mass is 19.4. The molecule has 0 spiro atoms. The summed E-state index contributed by atoms with van der Waals surface area (Å²) in [7, 11) is 1.21. The summed E-state index contributed by atoms with van der Waals surface area (Å²) in [6, 6.07) is 1.77. The van der Waals surface area contributed by atoms with E-state index < -0.39 is 34.4 Å². The van der Waals surface area contributed by atoms with Crippen molar-refractivity contribution in [2.24, 2.45) is 0 Å². The molecule has 1 saturated carbocycles. The molecule has 4 nitrogen and oxygen atoms in total. The first-order valence-electron chi connectivity index (χ1n) is 6.95. The van der Waals surface area contributed by atoms with Crippen LogP contribution < -0.4 is 4.74 Å². The van der Waals surface area contributed by atoms with Crippen LogP contribution in [0.25, 0.3) is 0 Å². The lowest BCUT2D eigenvalue weighted by molar-refractivity contribution is -0.147. The van der Waals surface area contributed by atoms with Crippen molar-refractivity contribution in [3.63, 3.8) is 0 Å².